The van der Waals surface area contributed by atoms with Crippen LogP contribution >= 0.6 is 11.6 Å². The zero-order valence-electron chi connectivity index (χ0n) is 31.4. The molecule has 10 nitrogen and oxygen atoms in total. The van der Waals surface area contributed by atoms with Gasteiger partial charge in [-0.15, -0.1) is 0 Å². The number of rotatable bonds is 19. The number of nitrogens with zero attached hydrogens (tertiary/aromatic N) is 3. The summed E-state index contributed by atoms with van der Waals surface area (Å²) in [6.45, 7) is 10.3. The Kier molecular flexibility index (Phi) is 15.1. The minimum Gasteiger partial charge on any atom is -0.493 e. The van der Waals surface area contributed by atoms with E-state index in [0.29, 0.717) is 46.2 Å². The van der Waals surface area contributed by atoms with E-state index in [1.54, 1.807) is 24.4 Å². The van der Waals surface area contributed by atoms with Crippen molar-refractivity contribution < 1.29 is 29.2 Å². The standard InChI is InChI=1S/C43H51ClN4O6/c1-4-5-12-39(43(50)51)47-26-34-21-38(44)42(22-41(34)53-27-32-20-31(23-45)24-46-25-32)54-28-33-9-6-10-36(29(33)2)37-11-7-13-40(30(37)3)52-19-8-16-48-17-14-35(49)15-18-48/h6-7,9-11,13,20-22,24-25,35,39,47,49H,4-5,8,12,14-19,26-28H2,1-3H3,(H,50,51)/t39-/m0/s1. The Morgan fingerprint density at radius 3 is 2.44 bits per heavy atom. The molecule has 1 aliphatic rings. The zero-order chi connectivity index (χ0) is 38.5. The highest BCUT2D eigenvalue weighted by Crippen LogP contribution is 2.36. The number of nitriles is 1. The topological polar surface area (TPSA) is 137 Å². The summed E-state index contributed by atoms with van der Waals surface area (Å²) >= 11 is 6.80. The highest BCUT2D eigenvalue weighted by molar-refractivity contribution is 6.32. The predicted molar refractivity (Wildman–Crippen MR) is 210 cm³/mol. The number of ether oxygens (including phenoxy) is 3. The smallest absolute Gasteiger partial charge is 0.320 e. The van der Waals surface area contributed by atoms with Crippen LogP contribution in [0.25, 0.3) is 11.1 Å². The van der Waals surface area contributed by atoms with Crippen LogP contribution in [0.2, 0.25) is 5.02 Å². The third-order valence-electron chi connectivity index (χ3n) is 9.95. The van der Waals surface area contributed by atoms with Gasteiger partial charge in [0.05, 0.1) is 23.3 Å². The van der Waals surface area contributed by atoms with Gasteiger partial charge in [-0.05, 0) is 85.5 Å². The van der Waals surface area contributed by atoms with Gasteiger partial charge in [0.25, 0.3) is 0 Å². The number of hydrogen-bond acceptors (Lipinski definition) is 9. The van der Waals surface area contributed by atoms with Crippen LogP contribution in [0.4, 0.5) is 0 Å². The number of aromatic nitrogens is 1. The molecule has 0 aliphatic carbocycles. The summed E-state index contributed by atoms with van der Waals surface area (Å²) in [5.74, 6) is 0.870. The molecule has 2 heterocycles. The lowest BCUT2D eigenvalue weighted by Crippen LogP contribution is -2.36. The van der Waals surface area contributed by atoms with E-state index in [1.165, 1.54) is 6.20 Å². The summed E-state index contributed by atoms with van der Waals surface area (Å²) in [4.78, 5) is 18.5. The van der Waals surface area contributed by atoms with Gasteiger partial charge in [0.15, 0.2) is 0 Å². The first-order chi connectivity index (χ1) is 26.2. The van der Waals surface area contributed by atoms with Crippen molar-refractivity contribution in [1.29, 1.82) is 5.26 Å². The van der Waals surface area contributed by atoms with Crippen molar-refractivity contribution in [2.24, 2.45) is 0 Å². The van der Waals surface area contributed by atoms with Crippen molar-refractivity contribution in [2.75, 3.05) is 26.2 Å². The zero-order valence-corrected chi connectivity index (χ0v) is 32.2. The molecule has 0 spiro atoms. The summed E-state index contributed by atoms with van der Waals surface area (Å²) in [7, 11) is 0. The van der Waals surface area contributed by atoms with Crippen molar-refractivity contribution in [1.82, 2.24) is 15.2 Å². The number of piperidine rings is 1. The number of unbranched alkanes of at least 4 members (excludes halogenated alkanes) is 1. The van der Waals surface area contributed by atoms with Crippen LogP contribution < -0.4 is 19.5 Å². The van der Waals surface area contributed by atoms with Crippen molar-refractivity contribution in [3.8, 4) is 34.4 Å². The van der Waals surface area contributed by atoms with Gasteiger partial charge in [0.2, 0.25) is 0 Å². The highest BCUT2D eigenvalue weighted by atomic mass is 35.5. The molecule has 1 aromatic heterocycles. The normalized spacial score (nSPS) is 14.0. The molecule has 0 radical (unpaired) electrons. The van der Waals surface area contributed by atoms with Gasteiger partial charge in [-0.1, -0.05) is 61.7 Å². The second-order valence-electron chi connectivity index (χ2n) is 13.9. The number of carboxylic acids is 1. The van der Waals surface area contributed by atoms with E-state index in [4.69, 9.17) is 25.8 Å². The van der Waals surface area contributed by atoms with Gasteiger partial charge < -0.3 is 34.6 Å². The molecule has 11 heteroatoms. The fourth-order valence-corrected chi connectivity index (χ4v) is 6.91. The maximum Gasteiger partial charge on any atom is 0.320 e. The molecule has 0 bridgehead atoms. The molecule has 0 amide bonds. The van der Waals surface area contributed by atoms with Gasteiger partial charge in [0, 0.05) is 55.8 Å². The number of nitrogens with one attached hydrogen (secondary N) is 1. The first-order valence-corrected chi connectivity index (χ1v) is 19.1. The molecule has 3 aromatic carbocycles. The molecule has 54 heavy (non-hydrogen) atoms. The Labute approximate surface area is 323 Å². The number of aliphatic hydroxyl groups is 1. The van der Waals surface area contributed by atoms with Crippen LogP contribution in [-0.2, 0) is 24.6 Å². The fourth-order valence-electron chi connectivity index (χ4n) is 6.66. The van der Waals surface area contributed by atoms with Gasteiger partial charge >= 0.3 is 5.97 Å². The fraction of sp³-hybridized carbons (Fsp3) is 0.419. The largest absolute Gasteiger partial charge is 0.493 e. The third kappa shape index (κ3) is 11.2. The third-order valence-corrected chi connectivity index (χ3v) is 10.2. The van der Waals surface area contributed by atoms with E-state index >= 15 is 0 Å². The number of benzene rings is 3. The molecule has 1 atom stereocenters. The summed E-state index contributed by atoms with van der Waals surface area (Å²) < 4.78 is 18.8. The molecular weight excluding hydrogens is 704 g/mol. The quantitative estimate of drug-likeness (QED) is 0.0808. The van der Waals surface area contributed by atoms with E-state index in [-0.39, 0.29) is 25.9 Å². The van der Waals surface area contributed by atoms with Crippen LogP contribution in [0.5, 0.6) is 17.2 Å². The number of carboxylic acid groups (broad SMARTS) is 1. The molecule has 286 valence electrons. The van der Waals surface area contributed by atoms with E-state index in [2.05, 4.69) is 47.3 Å². The number of aliphatic hydroxyl groups excluding tert-OH is 1. The average Bonchev–Trinajstić information content (AvgIpc) is 3.17. The number of pyridine rings is 1. The summed E-state index contributed by atoms with van der Waals surface area (Å²) in [5, 5.41) is 32.4. The van der Waals surface area contributed by atoms with E-state index < -0.39 is 12.0 Å². The number of carbonyl (C=O) groups is 1. The number of aliphatic carboxylic acids is 1. The Bertz CT molecular complexity index is 1910. The summed E-state index contributed by atoms with van der Waals surface area (Å²) in [6, 6.07) is 18.9. The van der Waals surface area contributed by atoms with Crippen molar-refractivity contribution in [3.63, 3.8) is 0 Å². The minimum absolute atomic E-state index is 0.140. The van der Waals surface area contributed by atoms with Crippen molar-refractivity contribution >= 4 is 17.6 Å². The van der Waals surface area contributed by atoms with Crippen LogP contribution in [0, 0.1) is 25.2 Å². The SMILES string of the molecule is CCCC[C@H](NCc1cc(Cl)c(OCc2cccc(-c3cccc(OCCCN4CCC(O)CC4)c3C)c2C)cc1OCc1cncc(C#N)c1)C(=O)O. The second-order valence-corrected chi connectivity index (χ2v) is 14.3. The van der Waals surface area contributed by atoms with Gasteiger partial charge in [0.1, 0.15) is 42.6 Å². The lowest BCUT2D eigenvalue weighted by atomic mass is 9.93. The Morgan fingerprint density at radius 1 is 0.963 bits per heavy atom. The molecule has 1 saturated heterocycles. The monoisotopic (exact) mass is 754 g/mol. The molecule has 0 saturated carbocycles. The van der Waals surface area contributed by atoms with Gasteiger partial charge in [-0.2, -0.15) is 5.26 Å². The van der Waals surface area contributed by atoms with Crippen molar-refractivity contribution in [3.05, 3.63) is 105 Å². The van der Waals surface area contributed by atoms with Crippen molar-refractivity contribution in [2.45, 2.75) is 91.2 Å². The number of likely N-dealkylation sites (tertiary alicyclic amines) is 1. The van der Waals surface area contributed by atoms with Crippen LogP contribution in [0.3, 0.4) is 0 Å². The highest BCUT2D eigenvalue weighted by Gasteiger charge is 2.20. The Balaban J connectivity index is 1.30. The molecule has 1 aliphatic heterocycles. The second kappa shape index (κ2) is 20.1. The number of hydrogen-bond donors (Lipinski definition) is 3. The lowest BCUT2D eigenvalue weighted by molar-refractivity contribution is -0.139. The molecule has 1 fully saturated rings. The maximum absolute atomic E-state index is 11.9. The maximum atomic E-state index is 11.9. The predicted octanol–water partition coefficient (Wildman–Crippen LogP) is 8.01. The van der Waals surface area contributed by atoms with Gasteiger partial charge in [-0.3, -0.25) is 9.78 Å². The molecule has 4 aromatic rings. The minimum atomic E-state index is -0.908. The van der Waals surface area contributed by atoms with Crippen LogP contribution in [-0.4, -0.2) is 64.5 Å². The Hall–Kier alpha value is -4.66. The van der Waals surface area contributed by atoms with Crippen LogP contribution in [0.15, 0.2) is 67.0 Å². The Morgan fingerprint density at radius 2 is 1.70 bits per heavy atom. The molecular formula is C43H51ClN4O6. The first kappa shape index (κ1) is 40.5. The summed E-state index contributed by atoms with van der Waals surface area (Å²) in [6.07, 6.45) is 7.75. The summed E-state index contributed by atoms with van der Waals surface area (Å²) in [5.41, 5.74) is 7.15. The average molecular weight is 755 g/mol. The van der Waals surface area contributed by atoms with Crippen LogP contribution in [0.1, 0.15) is 78.8 Å². The first-order valence-electron chi connectivity index (χ1n) is 18.8. The van der Waals surface area contributed by atoms with E-state index in [1.807, 2.05) is 31.2 Å². The van der Waals surface area contributed by atoms with Gasteiger partial charge in [-0.25, -0.2) is 0 Å². The van der Waals surface area contributed by atoms with E-state index in [9.17, 15) is 20.3 Å². The molecule has 3 N–H and O–H groups in total. The number of halogens is 1. The van der Waals surface area contributed by atoms with E-state index in [0.717, 1.165) is 85.3 Å². The molecule has 0 unspecified atom stereocenters. The molecule has 5 rings (SSSR count). The lowest BCUT2D eigenvalue weighted by Gasteiger charge is -2.29.